The molecule has 2 aliphatic rings. The molecule has 20 heteroatoms. The highest BCUT2D eigenvalue weighted by molar-refractivity contribution is 8.01. The fraction of sp³-hybridized carbons (Fsp3) is 0.417. The normalized spacial score (nSPS) is 18.1. The average molecular weight is 664 g/mol. The molecule has 2 atom stereocenters. The van der Waals surface area contributed by atoms with Crippen LogP contribution in [0.2, 0.25) is 0 Å². The van der Waals surface area contributed by atoms with Crippen molar-refractivity contribution in [3.05, 3.63) is 22.3 Å². The molecule has 17 nitrogen and oxygen atoms in total. The average Bonchev–Trinajstić information content (AvgIpc) is 3.61. The number of hydrogen-bond acceptors (Lipinski definition) is 15. The predicted molar refractivity (Wildman–Crippen MR) is 157 cm³/mol. The van der Waals surface area contributed by atoms with Crippen molar-refractivity contribution in [2.24, 2.45) is 5.16 Å². The largest absolute Gasteiger partial charge is 0.477 e. The molecule has 4 heterocycles. The predicted octanol–water partition coefficient (Wildman–Crippen LogP) is -0.0756. The standard InChI is InChI=1S/C24H25N9O8S3/c1-5-6-32-23(28-30-31-32)44-9-12-8-42-20-16(19(37)33(20)17(12)21(38)39)27-18(36)15(13-10-43-22(26-13)25-11-34)29-40-7-14(35)41-24(2,3)4/h1,10-11,16,20H,6-9H2,2-4H3,(H,27,36)(H,38,39)(H,25,26,34)/t16?,20-/m0/s1. The summed E-state index contributed by atoms with van der Waals surface area (Å²) < 4.78 is 6.55. The number of anilines is 1. The number of aromatic nitrogens is 5. The number of esters is 1. The van der Waals surface area contributed by atoms with Crippen LogP contribution in [-0.4, -0.2) is 106 Å². The molecule has 0 saturated carbocycles. The number of carboxylic acid groups (broad SMARTS) is 1. The van der Waals surface area contributed by atoms with Gasteiger partial charge in [0.15, 0.2) is 10.8 Å². The zero-order valence-electron chi connectivity index (χ0n) is 23.4. The van der Waals surface area contributed by atoms with Crippen molar-refractivity contribution in [3.8, 4) is 12.3 Å². The quantitative estimate of drug-likeness (QED) is 0.0486. The molecule has 0 bridgehead atoms. The van der Waals surface area contributed by atoms with Gasteiger partial charge in [0.05, 0.1) is 0 Å². The summed E-state index contributed by atoms with van der Waals surface area (Å²) in [6.07, 6.45) is 5.73. The number of thioether (sulfide) groups is 2. The van der Waals surface area contributed by atoms with E-state index in [1.54, 1.807) is 20.8 Å². The van der Waals surface area contributed by atoms with E-state index in [1.165, 1.54) is 33.6 Å². The Morgan fingerprint density at radius 1 is 1.36 bits per heavy atom. The summed E-state index contributed by atoms with van der Waals surface area (Å²) in [5.74, 6) is -0.711. The van der Waals surface area contributed by atoms with Crippen LogP contribution in [0.25, 0.3) is 0 Å². The van der Waals surface area contributed by atoms with Crippen molar-refractivity contribution in [3.63, 3.8) is 0 Å². The second-order valence-electron chi connectivity index (χ2n) is 9.83. The number of oxime groups is 1. The zero-order chi connectivity index (χ0) is 32.0. The number of hydrogen-bond donors (Lipinski definition) is 3. The van der Waals surface area contributed by atoms with Crippen molar-refractivity contribution in [2.75, 3.05) is 23.4 Å². The van der Waals surface area contributed by atoms with E-state index < -0.39 is 47.4 Å². The third-order valence-electron chi connectivity index (χ3n) is 5.55. The number of tetrazole rings is 1. The van der Waals surface area contributed by atoms with Crippen molar-refractivity contribution in [1.29, 1.82) is 0 Å². The number of nitrogens with one attached hydrogen (secondary N) is 2. The van der Waals surface area contributed by atoms with Crippen molar-refractivity contribution >= 4 is 75.9 Å². The van der Waals surface area contributed by atoms with Gasteiger partial charge in [0.2, 0.25) is 18.2 Å². The van der Waals surface area contributed by atoms with Gasteiger partial charge in [-0.05, 0) is 36.8 Å². The molecule has 2 aromatic heterocycles. The molecule has 0 radical (unpaired) electrons. The maximum Gasteiger partial charge on any atom is 0.352 e. The number of nitrogens with zero attached hydrogens (tertiary/aromatic N) is 7. The van der Waals surface area contributed by atoms with E-state index in [0.29, 0.717) is 17.1 Å². The lowest BCUT2D eigenvalue weighted by atomic mass is 10.0. The second-order valence-corrected chi connectivity index (χ2v) is 12.7. The number of carboxylic acids is 1. The minimum Gasteiger partial charge on any atom is -0.477 e. The number of carbonyl (C=O) groups is 5. The Morgan fingerprint density at radius 3 is 2.82 bits per heavy atom. The van der Waals surface area contributed by atoms with E-state index in [9.17, 15) is 29.1 Å². The van der Waals surface area contributed by atoms with E-state index in [2.05, 4.69) is 42.2 Å². The second kappa shape index (κ2) is 13.9. The fourth-order valence-electron chi connectivity index (χ4n) is 3.87. The smallest absolute Gasteiger partial charge is 0.352 e. The topological polar surface area (TPSA) is 220 Å². The third-order valence-corrected chi connectivity index (χ3v) is 8.71. The lowest BCUT2D eigenvalue weighted by Gasteiger charge is -2.49. The molecule has 4 rings (SSSR count). The van der Waals surface area contributed by atoms with Crippen LogP contribution in [-0.2, 0) is 40.1 Å². The first kappa shape index (κ1) is 32.4. The highest BCUT2D eigenvalue weighted by Gasteiger charge is 2.54. The van der Waals surface area contributed by atoms with Crippen LogP contribution in [0.15, 0.2) is 27.0 Å². The van der Waals surface area contributed by atoms with Crippen LogP contribution in [0.1, 0.15) is 26.5 Å². The molecule has 0 aliphatic carbocycles. The van der Waals surface area contributed by atoms with Crippen LogP contribution in [0.5, 0.6) is 0 Å². The Labute approximate surface area is 262 Å². The van der Waals surface area contributed by atoms with Gasteiger partial charge >= 0.3 is 11.9 Å². The highest BCUT2D eigenvalue weighted by atomic mass is 32.2. The molecule has 2 aliphatic heterocycles. The number of ether oxygens (including phenoxy) is 1. The van der Waals surface area contributed by atoms with Gasteiger partial charge in [-0.2, -0.15) is 0 Å². The van der Waals surface area contributed by atoms with Gasteiger partial charge in [-0.25, -0.2) is 19.3 Å². The monoisotopic (exact) mass is 663 g/mol. The number of thiazole rings is 1. The third kappa shape index (κ3) is 7.53. The summed E-state index contributed by atoms with van der Waals surface area (Å²) in [5, 5.41) is 31.1. The first-order chi connectivity index (χ1) is 20.9. The number of aliphatic carboxylic acids is 1. The van der Waals surface area contributed by atoms with Crippen LogP contribution < -0.4 is 10.6 Å². The molecule has 1 fully saturated rings. The van der Waals surface area contributed by atoms with Gasteiger partial charge in [-0.1, -0.05) is 22.8 Å². The Hall–Kier alpha value is -4.48. The molecule has 1 unspecified atom stereocenters. The van der Waals surface area contributed by atoms with Crippen LogP contribution in [0.4, 0.5) is 5.13 Å². The number of rotatable bonds is 13. The van der Waals surface area contributed by atoms with E-state index in [4.69, 9.17) is 16.0 Å². The zero-order valence-corrected chi connectivity index (χ0v) is 25.8. The van der Waals surface area contributed by atoms with Gasteiger partial charge in [-0.3, -0.25) is 19.3 Å². The van der Waals surface area contributed by atoms with E-state index in [1.807, 2.05) is 0 Å². The molecule has 1 saturated heterocycles. The number of β-lactam (4-membered cyclic amide) rings is 1. The van der Waals surface area contributed by atoms with E-state index >= 15 is 0 Å². The molecule has 0 spiro atoms. The summed E-state index contributed by atoms with van der Waals surface area (Å²) in [6.45, 7) is 4.53. The van der Waals surface area contributed by atoms with Crippen molar-refractivity contribution in [2.45, 2.75) is 49.5 Å². The summed E-state index contributed by atoms with van der Waals surface area (Å²) in [4.78, 5) is 71.9. The highest BCUT2D eigenvalue weighted by Crippen LogP contribution is 2.41. The van der Waals surface area contributed by atoms with Gasteiger partial charge in [-0.15, -0.1) is 34.6 Å². The van der Waals surface area contributed by atoms with Gasteiger partial charge in [0.1, 0.15) is 35.0 Å². The first-order valence-electron chi connectivity index (χ1n) is 12.5. The van der Waals surface area contributed by atoms with Crippen LogP contribution in [0, 0.1) is 12.3 Å². The summed E-state index contributed by atoms with van der Waals surface area (Å²) in [7, 11) is 0. The number of amides is 3. The molecule has 2 aromatic rings. The molecule has 44 heavy (non-hydrogen) atoms. The van der Waals surface area contributed by atoms with Crippen molar-refractivity contribution < 1.29 is 38.7 Å². The van der Waals surface area contributed by atoms with Gasteiger partial charge in [0, 0.05) is 16.9 Å². The maximum absolute atomic E-state index is 13.3. The first-order valence-corrected chi connectivity index (χ1v) is 15.5. The fourth-order valence-corrected chi connectivity index (χ4v) is 6.88. The SMILES string of the molecule is C#CCn1nnnc1SCC1=C(C(=O)O)N2C(=O)C(NC(=O)C(=NOCC(=O)OC(C)(C)C)c3csc(NC=O)n3)[C@@H]2SC1. The van der Waals surface area contributed by atoms with Crippen LogP contribution >= 0.6 is 34.9 Å². The summed E-state index contributed by atoms with van der Waals surface area (Å²) >= 11 is 3.44. The van der Waals surface area contributed by atoms with Crippen molar-refractivity contribution in [1.82, 2.24) is 35.4 Å². The lowest BCUT2D eigenvalue weighted by molar-refractivity contribution is -0.160. The molecular weight excluding hydrogens is 639 g/mol. The molecule has 0 aromatic carbocycles. The lowest BCUT2D eigenvalue weighted by Crippen LogP contribution is -2.71. The number of carbonyl (C=O) groups excluding carboxylic acids is 4. The number of fused-ring (bicyclic) bond motifs is 1. The Kier molecular flexibility index (Phi) is 10.2. The Morgan fingerprint density at radius 2 is 2.14 bits per heavy atom. The van der Waals surface area contributed by atoms with Gasteiger partial charge in [0.25, 0.3) is 11.8 Å². The maximum atomic E-state index is 13.3. The summed E-state index contributed by atoms with van der Waals surface area (Å²) in [6, 6.07) is -1.10. The Balaban J connectivity index is 1.49. The molecule has 3 N–H and O–H groups in total. The minimum atomic E-state index is -1.30. The van der Waals surface area contributed by atoms with E-state index in [0.717, 1.165) is 16.2 Å². The molecule has 232 valence electrons. The summed E-state index contributed by atoms with van der Waals surface area (Å²) in [5.41, 5.74) is -0.882. The van der Waals surface area contributed by atoms with E-state index in [-0.39, 0.29) is 40.3 Å². The number of terminal acetylenes is 1. The Bertz CT molecular complexity index is 1570. The van der Waals surface area contributed by atoms with Gasteiger partial charge < -0.3 is 25.3 Å². The van der Waals surface area contributed by atoms with Crippen LogP contribution in [0.3, 0.4) is 0 Å². The molecule has 3 amide bonds. The minimum absolute atomic E-state index is 0.00132. The molecular formula is C24H25N9O8S3.